The number of rotatable bonds is 6. The van der Waals surface area contributed by atoms with Crippen molar-refractivity contribution >= 4 is 23.5 Å². The highest BCUT2D eigenvalue weighted by atomic mass is 35.5. The fourth-order valence-electron chi connectivity index (χ4n) is 2.57. The molecule has 5 nitrogen and oxygen atoms in total. The third kappa shape index (κ3) is 6.13. The lowest BCUT2D eigenvalue weighted by molar-refractivity contribution is -0.119. The Bertz CT molecular complexity index is 561. The van der Waals surface area contributed by atoms with E-state index >= 15 is 0 Å². The molecule has 0 radical (unpaired) electrons. The van der Waals surface area contributed by atoms with Crippen molar-refractivity contribution in [1.29, 1.82) is 0 Å². The molecule has 24 heavy (non-hydrogen) atoms. The maximum atomic E-state index is 12.0. The van der Waals surface area contributed by atoms with Gasteiger partial charge in [-0.15, -0.1) is 0 Å². The van der Waals surface area contributed by atoms with Gasteiger partial charge in [0.15, 0.2) is 0 Å². The minimum absolute atomic E-state index is 0.0574. The normalized spacial score (nSPS) is 11.9. The van der Waals surface area contributed by atoms with Gasteiger partial charge in [0, 0.05) is 16.1 Å². The summed E-state index contributed by atoms with van der Waals surface area (Å²) in [6, 6.07) is 7.13. The van der Waals surface area contributed by atoms with Crippen molar-refractivity contribution in [2.75, 3.05) is 6.54 Å². The van der Waals surface area contributed by atoms with E-state index in [0.29, 0.717) is 5.02 Å². The second kappa shape index (κ2) is 8.49. The van der Waals surface area contributed by atoms with Crippen LogP contribution >= 0.6 is 11.6 Å². The largest absolute Gasteiger partial charge is 0.333 e. The second-order valence-electron chi connectivity index (χ2n) is 6.90. The molecule has 0 fully saturated rings. The molecule has 0 aromatic heterocycles. The number of hydrogen-bond donors (Lipinski definition) is 3. The summed E-state index contributed by atoms with van der Waals surface area (Å²) in [6.07, 6.45) is 1.62. The zero-order chi connectivity index (χ0) is 18.4. The SMILES string of the molecule is CCC(CC)(NCC(=O)NC(=O)NC(C)(C)C)c1ccc(Cl)cc1. The van der Waals surface area contributed by atoms with Crippen molar-refractivity contribution in [2.24, 2.45) is 0 Å². The van der Waals surface area contributed by atoms with Crippen LogP contribution in [0.25, 0.3) is 0 Å². The summed E-state index contributed by atoms with van der Waals surface area (Å²) in [5, 5.41) is 9.02. The Morgan fingerprint density at radius 2 is 1.58 bits per heavy atom. The van der Waals surface area contributed by atoms with Crippen molar-refractivity contribution in [3.8, 4) is 0 Å². The standard InChI is InChI=1S/C18H28ClN3O2/c1-6-18(7-2,13-8-10-14(19)11-9-13)20-12-15(23)21-16(24)22-17(3,4)5/h8-11,20H,6-7,12H2,1-5H3,(H2,21,22,23,24). The number of carbonyl (C=O) groups excluding carboxylic acids is 2. The Morgan fingerprint density at radius 3 is 2.04 bits per heavy atom. The number of urea groups is 1. The monoisotopic (exact) mass is 353 g/mol. The number of carbonyl (C=O) groups is 2. The van der Waals surface area contributed by atoms with E-state index in [0.717, 1.165) is 18.4 Å². The highest BCUT2D eigenvalue weighted by Gasteiger charge is 2.28. The first-order valence-electron chi connectivity index (χ1n) is 8.25. The molecule has 1 aromatic carbocycles. The van der Waals surface area contributed by atoms with Gasteiger partial charge in [0.1, 0.15) is 0 Å². The Labute approximate surface area is 149 Å². The Morgan fingerprint density at radius 1 is 1.04 bits per heavy atom. The molecule has 6 heteroatoms. The number of benzene rings is 1. The summed E-state index contributed by atoms with van der Waals surface area (Å²) < 4.78 is 0. The van der Waals surface area contributed by atoms with Crippen molar-refractivity contribution in [2.45, 2.75) is 58.5 Å². The molecule has 3 amide bonds. The van der Waals surface area contributed by atoms with Gasteiger partial charge in [0.2, 0.25) is 5.91 Å². The van der Waals surface area contributed by atoms with Crippen LogP contribution < -0.4 is 16.0 Å². The van der Waals surface area contributed by atoms with Crippen LogP contribution in [0.4, 0.5) is 4.79 Å². The van der Waals surface area contributed by atoms with E-state index in [2.05, 4.69) is 29.8 Å². The predicted octanol–water partition coefficient (Wildman–Crippen LogP) is 3.57. The molecule has 1 aromatic rings. The van der Waals surface area contributed by atoms with Crippen LogP contribution in [0.15, 0.2) is 24.3 Å². The molecule has 3 N–H and O–H groups in total. The van der Waals surface area contributed by atoms with Crippen molar-refractivity contribution < 1.29 is 9.59 Å². The molecular formula is C18H28ClN3O2. The van der Waals surface area contributed by atoms with Gasteiger partial charge in [0.25, 0.3) is 0 Å². The van der Waals surface area contributed by atoms with Crippen LogP contribution in [0, 0.1) is 0 Å². The molecule has 0 aliphatic carbocycles. The summed E-state index contributed by atoms with van der Waals surface area (Å²) in [7, 11) is 0. The number of halogens is 1. The minimum Gasteiger partial charge on any atom is -0.333 e. The van der Waals surface area contributed by atoms with Gasteiger partial charge in [-0.3, -0.25) is 15.4 Å². The van der Waals surface area contributed by atoms with E-state index in [1.54, 1.807) is 0 Å². The lowest BCUT2D eigenvalue weighted by Gasteiger charge is -2.33. The van der Waals surface area contributed by atoms with E-state index in [9.17, 15) is 9.59 Å². The first-order chi connectivity index (χ1) is 11.1. The smallest absolute Gasteiger partial charge is 0.321 e. The molecule has 0 saturated heterocycles. The third-order valence-electron chi connectivity index (χ3n) is 3.93. The predicted molar refractivity (Wildman–Crippen MR) is 98.1 cm³/mol. The average molecular weight is 354 g/mol. The number of amides is 3. The molecule has 0 aliphatic rings. The lowest BCUT2D eigenvalue weighted by Crippen LogP contribution is -2.52. The van der Waals surface area contributed by atoms with Gasteiger partial charge < -0.3 is 5.32 Å². The quantitative estimate of drug-likeness (QED) is 0.732. The molecule has 0 spiro atoms. The van der Waals surface area contributed by atoms with Gasteiger partial charge in [-0.2, -0.15) is 0 Å². The molecule has 1 rings (SSSR count). The first-order valence-corrected chi connectivity index (χ1v) is 8.62. The van der Waals surface area contributed by atoms with Crippen molar-refractivity contribution in [1.82, 2.24) is 16.0 Å². The summed E-state index contributed by atoms with van der Waals surface area (Å²) in [4.78, 5) is 23.8. The molecule has 0 aliphatic heterocycles. The van der Waals surface area contributed by atoms with Gasteiger partial charge in [0.05, 0.1) is 6.54 Å². The zero-order valence-corrected chi connectivity index (χ0v) is 15.9. The van der Waals surface area contributed by atoms with Gasteiger partial charge in [-0.25, -0.2) is 4.79 Å². The third-order valence-corrected chi connectivity index (χ3v) is 4.18. The maximum Gasteiger partial charge on any atom is 0.321 e. The van der Waals surface area contributed by atoms with E-state index in [1.807, 2.05) is 45.0 Å². The summed E-state index contributed by atoms with van der Waals surface area (Å²) in [5.74, 6) is -0.364. The van der Waals surface area contributed by atoms with Crippen LogP contribution in [0.1, 0.15) is 53.0 Å². The lowest BCUT2D eigenvalue weighted by atomic mass is 9.84. The highest BCUT2D eigenvalue weighted by Crippen LogP contribution is 2.29. The van der Waals surface area contributed by atoms with Crippen molar-refractivity contribution in [3.63, 3.8) is 0 Å². The molecule has 0 heterocycles. The molecule has 0 atom stereocenters. The fraction of sp³-hybridized carbons (Fsp3) is 0.556. The average Bonchev–Trinajstić information content (AvgIpc) is 2.48. The summed E-state index contributed by atoms with van der Waals surface area (Å²) >= 11 is 5.96. The van der Waals surface area contributed by atoms with E-state index < -0.39 is 11.6 Å². The van der Waals surface area contributed by atoms with E-state index in [-0.39, 0.29) is 18.0 Å². The van der Waals surface area contributed by atoms with Gasteiger partial charge in [-0.1, -0.05) is 37.6 Å². The molecule has 0 saturated carbocycles. The van der Waals surface area contributed by atoms with Crippen LogP contribution in [0.3, 0.4) is 0 Å². The molecule has 134 valence electrons. The molecular weight excluding hydrogens is 326 g/mol. The fourth-order valence-corrected chi connectivity index (χ4v) is 2.70. The van der Waals surface area contributed by atoms with Crippen LogP contribution in [0.2, 0.25) is 5.02 Å². The Hall–Kier alpha value is -1.59. The Balaban J connectivity index is 2.71. The van der Waals surface area contributed by atoms with Crippen molar-refractivity contribution in [3.05, 3.63) is 34.9 Å². The van der Waals surface area contributed by atoms with E-state index in [1.165, 1.54) is 0 Å². The molecule has 0 bridgehead atoms. The maximum absolute atomic E-state index is 12.0. The van der Waals surface area contributed by atoms with Gasteiger partial charge in [-0.05, 0) is 51.3 Å². The Kier molecular flexibility index (Phi) is 7.24. The van der Waals surface area contributed by atoms with Crippen LogP contribution in [-0.2, 0) is 10.3 Å². The van der Waals surface area contributed by atoms with Crippen LogP contribution in [0.5, 0.6) is 0 Å². The summed E-state index contributed by atoms with van der Waals surface area (Å²) in [5.41, 5.74) is 0.351. The zero-order valence-electron chi connectivity index (χ0n) is 15.1. The summed E-state index contributed by atoms with van der Waals surface area (Å²) in [6.45, 7) is 9.76. The minimum atomic E-state index is -0.487. The first kappa shape index (κ1) is 20.5. The van der Waals surface area contributed by atoms with Crippen LogP contribution in [-0.4, -0.2) is 24.0 Å². The number of hydrogen-bond acceptors (Lipinski definition) is 3. The highest BCUT2D eigenvalue weighted by molar-refractivity contribution is 6.30. The number of nitrogens with one attached hydrogen (secondary N) is 3. The number of imide groups is 1. The topological polar surface area (TPSA) is 70.2 Å². The molecule has 0 unspecified atom stereocenters. The van der Waals surface area contributed by atoms with E-state index in [4.69, 9.17) is 11.6 Å². The van der Waals surface area contributed by atoms with Gasteiger partial charge >= 0.3 is 6.03 Å². The second-order valence-corrected chi connectivity index (χ2v) is 7.34.